The summed E-state index contributed by atoms with van der Waals surface area (Å²) in [5.41, 5.74) is 7.48. The van der Waals surface area contributed by atoms with Gasteiger partial charge in [-0.05, 0) is 91.4 Å². The average molecular weight is 560 g/mol. The predicted octanol–water partition coefficient (Wildman–Crippen LogP) is 5.75. The maximum atomic E-state index is 10.3. The fourth-order valence-electron chi connectivity index (χ4n) is 5.07. The van der Waals surface area contributed by atoms with E-state index >= 15 is 0 Å². The van der Waals surface area contributed by atoms with Crippen molar-refractivity contribution in [1.82, 2.24) is 9.97 Å². The summed E-state index contributed by atoms with van der Waals surface area (Å²) in [6.07, 6.45) is 5.52. The van der Waals surface area contributed by atoms with Crippen molar-refractivity contribution in [2.75, 3.05) is 0 Å². The topological polar surface area (TPSA) is 104 Å². The molecule has 6 nitrogen and oxygen atoms in total. The second-order valence-electron chi connectivity index (χ2n) is 11.9. The van der Waals surface area contributed by atoms with Crippen LogP contribution >= 0.6 is 15.9 Å². The molecule has 4 heterocycles. The molecule has 0 radical (unpaired) electrons. The zero-order valence-corrected chi connectivity index (χ0v) is 24.8. The first-order valence-corrected chi connectivity index (χ1v) is 13.4. The number of allylic oxidation sites excluding steroid dienone is 2. The van der Waals surface area contributed by atoms with Crippen LogP contribution in [0.25, 0.3) is 11.6 Å². The van der Waals surface area contributed by atoms with Gasteiger partial charge in [-0.2, -0.15) is 10.5 Å². The predicted molar refractivity (Wildman–Crippen MR) is 154 cm³/mol. The van der Waals surface area contributed by atoms with Crippen LogP contribution in [-0.2, 0) is 0 Å². The molecule has 7 heteroatoms. The van der Waals surface area contributed by atoms with Crippen LogP contribution in [0.1, 0.15) is 75.4 Å². The van der Waals surface area contributed by atoms with Gasteiger partial charge in [0.15, 0.2) is 0 Å². The lowest BCUT2D eigenvalue weighted by Crippen LogP contribution is -2.34. The fourth-order valence-corrected chi connectivity index (χ4v) is 5.58. The first-order valence-electron chi connectivity index (χ1n) is 12.6. The van der Waals surface area contributed by atoms with Crippen molar-refractivity contribution in [3.63, 3.8) is 0 Å². The molecule has 4 rings (SSSR count). The lowest BCUT2D eigenvalue weighted by molar-refractivity contribution is 0.276. The fraction of sp³-hybridized carbons (Fsp3) is 0.467. The molecule has 0 saturated carbocycles. The summed E-state index contributed by atoms with van der Waals surface area (Å²) in [6, 6.07) is 4.83. The standard InChI is InChI=1S/C30H35BrN6/c1-16-18(3)26(35-22(16)11-23-17(2)19(4)27(31)36-23)21(14-32)24-13-28(5,6)25(34-24)10-20-12-29(7,8)30(9,15-33)37-20/h10-11,35-36H,12-13H2,1-9H3. The molecule has 0 aromatic carbocycles. The van der Waals surface area contributed by atoms with Gasteiger partial charge >= 0.3 is 0 Å². The van der Waals surface area contributed by atoms with Crippen molar-refractivity contribution in [2.24, 2.45) is 20.8 Å². The van der Waals surface area contributed by atoms with E-state index in [1.54, 1.807) is 0 Å². The van der Waals surface area contributed by atoms with Gasteiger partial charge < -0.3 is 9.97 Å². The Morgan fingerprint density at radius 3 is 2.14 bits per heavy atom. The summed E-state index contributed by atoms with van der Waals surface area (Å²) in [5.74, 6) is 0. The third kappa shape index (κ3) is 4.44. The largest absolute Gasteiger partial charge is 0.354 e. The van der Waals surface area contributed by atoms with Gasteiger partial charge in [-0.1, -0.05) is 27.7 Å². The van der Waals surface area contributed by atoms with E-state index in [1.165, 1.54) is 11.1 Å². The van der Waals surface area contributed by atoms with E-state index in [0.29, 0.717) is 12.0 Å². The van der Waals surface area contributed by atoms with Crippen LogP contribution in [0.4, 0.5) is 0 Å². The van der Waals surface area contributed by atoms with Crippen LogP contribution in [0, 0.1) is 61.2 Å². The number of hydrogen-bond donors (Lipinski definition) is 2. The minimum Gasteiger partial charge on any atom is -0.354 e. The molecule has 0 amide bonds. The lowest BCUT2D eigenvalue weighted by atomic mass is 9.74. The first-order chi connectivity index (χ1) is 17.1. The number of aromatic amines is 2. The number of hydrogen-bond acceptors (Lipinski definition) is 4. The molecule has 0 saturated heterocycles. The number of aromatic nitrogens is 2. The number of aliphatic imine (C=N–C) groups is 2. The highest BCUT2D eigenvalue weighted by Gasteiger charge is 2.47. The number of nitrogens with one attached hydrogen (secondary N) is 2. The van der Waals surface area contributed by atoms with Gasteiger partial charge in [0.2, 0.25) is 0 Å². The van der Waals surface area contributed by atoms with E-state index in [1.807, 2.05) is 19.9 Å². The van der Waals surface area contributed by atoms with Gasteiger partial charge in [0, 0.05) is 39.7 Å². The quantitative estimate of drug-likeness (QED) is 0.500. The van der Waals surface area contributed by atoms with Gasteiger partial charge in [-0.3, -0.25) is 9.98 Å². The molecule has 0 aliphatic carbocycles. The molecule has 1 unspecified atom stereocenters. The summed E-state index contributed by atoms with van der Waals surface area (Å²) in [5, 5.41) is 21.8. The summed E-state index contributed by atoms with van der Waals surface area (Å²) in [7, 11) is 0. The molecular weight excluding hydrogens is 524 g/mol. The summed E-state index contributed by atoms with van der Waals surface area (Å²) in [6.45, 7) is 18.7. The molecular formula is C30H35BrN6. The molecule has 0 bridgehead atoms. The van der Waals surface area contributed by atoms with Crippen molar-refractivity contribution in [2.45, 2.75) is 80.7 Å². The maximum absolute atomic E-state index is 10.3. The summed E-state index contributed by atoms with van der Waals surface area (Å²) < 4.78 is 0.980. The van der Waals surface area contributed by atoms with E-state index in [0.717, 1.165) is 55.7 Å². The molecule has 0 spiro atoms. The first kappa shape index (κ1) is 26.9. The van der Waals surface area contributed by atoms with Crippen LogP contribution in [0.2, 0.25) is 0 Å². The zero-order chi connectivity index (χ0) is 27.5. The summed E-state index contributed by atoms with van der Waals surface area (Å²) >= 11 is 3.58. The Morgan fingerprint density at radius 2 is 1.59 bits per heavy atom. The Bertz CT molecular complexity index is 1610. The SMILES string of the molecule is Cc1c(Br)[nH]c(C=c2[nH]c(=C(C#N)C3=NC(=CC4=NC(C)(C#N)C(C)(C)C4)C(C)(C)C3)c(C)c2C)c1C. The van der Waals surface area contributed by atoms with Gasteiger partial charge in [0.05, 0.1) is 27.3 Å². The van der Waals surface area contributed by atoms with Crippen LogP contribution in [0.5, 0.6) is 0 Å². The minimum absolute atomic E-state index is 0.245. The van der Waals surface area contributed by atoms with Gasteiger partial charge in [0.1, 0.15) is 11.6 Å². The number of nitrogens with zero attached hydrogens (tertiary/aromatic N) is 4. The second kappa shape index (κ2) is 8.99. The molecule has 1 atom stereocenters. The van der Waals surface area contributed by atoms with Crippen molar-refractivity contribution in [3.8, 4) is 12.1 Å². The van der Waals surface area contributed by atoms with Crippen LogP contribution in [-0.4, -0.2) is 26.9 Å². The Kier molecular flexibility index (Phi) is 6.54. The third-order valence-corrected chi connectivity index (χ3v) is 9.26. The molecule has 37 heavy (non-hydrogen) atoms. The van der Waals surface area contributed by atoms with Crippen LogP contribution in [0.3, 0.4) is 0 Å². The van der Waals surface area contributed by atoms with E-state index < -0.39 is 5.54 Å². The Labute approximate surface area is 227 Å². The molecule has 2 aliphatic heterocycles. The van der Waals surface area contributed by atoms with E-state index in [4.69, 9.17) is 9.98 Å². The second-order valence-corrected chi connectivity index (χ2v) is 12.7. The molecule has 2 aliphatic rings. The maximum Gasteiger partial charge on any atom is 0.149 e. The van der Waals surface area contributed by atoms with Crippen molar-refractivity contribution in [3.05, 3.63) is 55.0 Å². The monoisotopic (exact) mass is 558 g/mol. The Hall–Kier alpha value is -3.16. The van der Waals surface area contributed by atoms with Crippen molar-refractivity contribution >= 4 is 39.0 Å². The normalized spacial score (nSPS) is 24.6. The number of halogens is 1. The molecule has 2 aromatic heterocycles. The molecule has 2 aromatic rings. The number of H-pyrrole nitrogens is 2. The third-order valence-electron chi connectivity index (χ3n) is 8.47. The average Bonchev–Trinajstić information content (AvgIpc) is 3.43. The Balaban J connectivity index is 1.83. The van der Waals surface area contributed by atoms with E-state index in [-0.39, 0.29) is 10.8 Å². The van der Waals surface area contributed by atoms with Gasteiger partial charge in [-0.25, -0.2) is 0 Å². The zero-order valence-electron chi connectivity index (χ0n) is 23.2. The smallest absolute Gasteiger partial charge is 0.149 e. The molecule has 0 fully saturated rings. The molecule has 192 valence electrons. The Morgan fingerprint density at radius 1 is 0.919 bits per heavy atom. The van der Waals surface area contributed by atoms with Crippen LogP contribution in [0.15, 0.2) is 26.4 Å². The van der Waals surface area contributed by atoms with Gasteiger partial charge in [0.25, 0.3) is 0 Å². The van der Waals surface area contributed by atoms with Crippen molar-refractivity contribution in [1.29, 1.82) is 10.5 Å². The number of rotatable bonds is 3. The highest BCUT2D eigenvalue weighted by Crippen LogP contribution is 2.45. The van der Waals surface area contributed by atoms with Crippen molar-refractivity contribution < 1.29 is 0 Å². The van der Waals surface area contributed by atoms with Gasteiger partial charge in [-0.15, -0.1) is 0 Å². The van der Waals surface area contributed by atoms with Crippen LogP contribution < -0.4 is 10.7 Å². The summed E-state index contributed by atoms with van der Waals surface area (Å²) in [4.78, 5) is 16.7. The molecule has 2 N–H and O–H groups in total. The van der Waals surface area contributed by atoms with E-state index in [2.05, 4.69) is 92.6 Å². The highest BCUT2D eigenvalue weighted by atomic mass is 79.9. The number of nitriles is 2. The van der Waals surface area contributed by atoms with E-state index in [9.17, 15) is 10.5 Å². The minimum atomic E-state index is -0.754. The highest BCUT2D eigenvalue weighted by molar-refractivity contribution is 9.10. The lowest BCUT2D eigenvalue weighted by Gasteiger charge is -2.29.